The number of fused-ring (bicyclic) bond motifs is 1. The van der Waals surface area contributed by atoms with Crippen LogP contribution in [-0.4, -0.2) is 59.2 Å². The van der Waals surface area contributed by atoms with Gasteiger partial charge in [-0.05, 0) is 64.2 Å². The van der Waals surface area contributed by atoms with Gasteiger partial charge in [0.15, 0.2) is 0 Å². The SMILES string of the molecule is CN(C)c1ccc(-c2cc(S(=O)(=O)O)cc3c2C(c2ccc(N(C)C)cc2)C(S(=O)(=O)O)=C(O)[CH]3)cc1. The highest BCUT2D eigenvalue weighted by molar-refractivity contribution is 7.89. The van der Waals surface area contributed by atoms with E-state index in [1.165, 1.54) is 12.1 Å². The molecule has 1 atom stereocenters. The molecule has 9 nitrogen and oxygen atoms in total. The summed E-state index contributed by atoms with van der Waals surface area (Å²) in [4.78, 5) is 2.70. The maximum Gasteiger partial charge on any atom is 0.294 e. The number of aliphatic hydroxyl groups is 1. The lowest BCUT2D eigenvalue weighted by atomic mass is 9.78. The Balaban J connectivity index is 2.08. The van der Waals surface area contributed by atoms with Crippen molar-refractivity contribution in [2.75, 3.05) is 38.0 Å². The zero-order valence-electron chi connectivity index (χ0n) is 20.6. The molecule has 11 heteroatoms. The summed E-state index contributed by atoms with van der Waals surface area (Å²) >= 11 is 0. The number of hydrogen-bond donors (Lipinski definition) is 3. The molecule has 1 aliphatic carbocycles. The zero-order chi connectivity index (χ0) is 27.3. The Kier molecular flexibility index (Phi) is 6.84. The number of aliphatic hydroxyl groups excluding tert-OH is 1. The van der Waals surface area contributed by atoms with Gasteiger partial charge in [-0.3, -0.25) is 9.11 Å². The summed E-state index contributed by atoms with van der Waals surface area (Å²) in [6, 6.07) is 16.4. The predicted octanol–water partition coefficient (Wildman–Crippen LogP) is 4.09. The van der Waals surface area contributed by atoms with Crippen LogP contribution in [0, 0.1) is 6.42 Å². The van der Waals surface area contributed by atoms with E-state index in [9.17, 15) is 31.0 Å². The molecule has 0 saturated heterocycles. The maximum absolute atomic E-state index is 12.5. The fourth-order valence-corrected chi connectivity index (χ4v) is 5.90. The second-order valence-electron chi connectivity index (χ2n) is 9.18. The molecule has 0 heterocycles. The normalized spacial score (nSPS) is 15.9. The van der Waals surface area contributed by atoms with Crippen LogP contribution in [0.25, 0.3) is 11.1 Å². The zero-order valence-corrected chi connectivity index (χ0v) is 22.2. The minimum absolute atomic E-state index is 0.188. The van der Waals surface area contributed by atoms with Crippen LogP contribution in [0.2, 0.25) is 0 Å². The molecule has 195 valence electrons. The molecule has 0 fully saturated rings. The Bertz CT molecular complexity index is 1590. The number of allylic oxidation sites excluding steroid dienone is 2. The minimum Gasteiger partial charge on any atom is -0.510 e. The molecule has 0 amide bonds. The molecule has 3 aromatic rings. The minimum atomic E-state index is -4.88. The van der Waals surface area contributed by atoms with E-state index in [1.54, 1.807) is 36.4 Å². The van der Waals surface area contributed by atoms with Gasteiger partial charge < -0.3 is 14.9 Å². The van der Waals surface area contributed by atoms with Crippen LogP contribution in [0.3, 0.4) is 0 Å². The second kappa shape index (κ2) is 9.49. The Morgan fingerprint density at radius 3 is 1.70 bits per heavy atom. The van der Waals surface area contributed by atoms with Crippen LogP contribution < -0.4 is 9.80 Å². The van der Waals surface area contributed by atoms with Gasteiger partial charge in [-0.1, -0.05) is 24.3 Å². The van der Waals surface area contributed by atoms with Crippen LogP contribution in [-0.2, 0) is 20.2 Å². The molecule has 0 spiro atoms. The molecule has 0 aromatic heterocycles. The number of anilines is 2. The highest BCUT2D eigenvalue weighted by Gasteiger charge is 2.39. The average Bonchev–Trinajstić information content (AvgIpc) is 2.81. The Labute approximate surface area is 216 Å². The molecule has 1 radical (unpaired) electrons. The first-order valence-electron chi connectivity index (χ1n) is 11.1. The summed E-state index contributed by atoms with van der Waals surface area (Å²) < 4.78 is 69.3. The van der Waals surface area contributed by atoms with Crippen molar-refractivity contribution in [3.63, 3.8) is 0 Å². The van der Waals surface area contributed by atoms with Crippen molar-refractivity contribution in [3.05, 3.63) is 94.4 Å². The van der Waals surface area contributed by atoms with E-state index in [4.69, 9.17) is 0 Å². The third kappa shape index (κ3) is 5.21. The highest BCUT2D eigenvalue weighted by atomic mass is 32.2. The summed E-state index contributed by atoms with van der Waals surface area (Å²) in [7, 11) is -2.10. The van der Waals surface area contributed by atoms with Crippen molar-refractivity contribution < 1.29 is 31.0 Å². The summed E-state index contributed by atoms with van der Waals surface area (Å²) in [5.41, 5.74) is 3.58. The Hall–Kier alpha value is -3.38. The molecular weight excluding hydrogens is 516 g/mol. The van der Waals surface area contributed by atoms with E-state index in [1.807, 2.05) is 50.1 Å². The van der Waals surface area contributed by atoms with Crippen LogP contribution >= 0.6 is 0 Å². The van der Waals surface area contributed by atoms with Crippen molar-refractivity contribution in [2.24, 2.45) is 0 Å². The van der Waals surface area contributed by atoms with Crippen molar-refractivity contribution in [3.8, 4) is 11.1 Å². The lowest BCUT2D eigenvalue weighted by molar-refractivity contribution is 0.408. The van der Waals surface area contributed by atoms with Gasteiger partial charge in [0.05, 0.1) is 17.2 Å². The quantitative estimate of drug-likeness (QED) is 0.393. The Morgan fingerprint density at radius 1 is 0.730 bits per heavy atom. The van der Waals surface area contributed by atoms with Gasteiger partial charge in [0, 0.05) is 39.6 Å². The highest BCUT2D eigenvalue weighted by Crippen LogP contribution is 2.48. The smallest absolute Gasteiger partial charge is 0.294 e. The second-order valence-corrected chi connectivity index (χ2v) is 12.0. The first-order valence-corrected chi connectivity index (χ1v) is 14.0. The summed E-state index contributed by atoms with van der Waals surface area (Å²) in [5.74, 6) is -1.89. The van der Waals surface area contributed by atoms with Gasteiger partial charge in [0.1, 0.15) is 10.7 Å². The van der Waals surface area contributed by atoms with Crippen molar-refractivity contribution in [2.45, 2.75) is 10.8 Å². The molecular formula is C26H27N2O7S2. The van der Waals surface area contributed by atoms with Crippen LogP contribution in [0.5, 0.6) is 0 Å². The van der Waals surface area contributed by atoms with Crippen molar-refractivity contribution >= 4 is 31.6 Å². The number of rotatable bonds is 6. The molecule has 1 aliphatic rings. The van der Waals surface area contributed by atoms with Crippen molar-refractivity contribution in [1.82, 2.24) is 0 Å². The fraction of sp³-hybridized carbons (Fsp3) is 0.192. The average molecular weight is 544 g/mol. The molecule has 1 unspecified atom stereocenters. The molecule has 0 aliphatic heterocycles. The molecule has 3 N–H and O–H groups in total. The van der Waals surface area contributed by atoms with E-state index in [2.05, 4.69) is 0 Å². The summed E-state index contributed by atoms with van der Waals surface area (Å²) in [6.07, 6.45) is 1.08. The predicted molar refractivity (Wildman–Crippen MR) is 143 cm³/mol. The van der Waals surface area contributed by atoms with E-state index in [-0.39, 0.29) is 5.56 Å². The van der Waals surface area contributed by atoms with Gasteiger partial charge in [-0.15, -0.1) is 0 Å². The monoisotopic (exact) mass is 543 g/mol. The molecule has 0 bridgehead atoms. The number of nitrogens with zero attached hydrogens (tertiary/aromatic N) is 2. The van der Waals surface area contributed by atoms with Gasteiger partial charge in [0.2, 0.25) is 0 Å². The van der Waals surface area contributed by atoms with Gasteiger partial charge in [-0.25, -0.2) is 0 Å². The first kappa shape index (κ1) is 26.7. The summed E-state index contributed by atoms with van der Waals surface area (Å²) in [5, 5.41) is 10.7. The molecule has 0 saturated carbocycles. The van der Waals surface area contributed by atoms with Crippen LogP contribution in [0.1, 0.15) is 22.6 Å². The summed E-state index contributed by atoms with van der Waals surface area (Å²) in [6.45, 7) is 0. The van der Waals surface area contributed by atoms with E-state index in [0.29, 0.717) is 22.3 Å². The van der Waals surface area contributed by atoms with E-state index >= 15 is 0 Å². The third-order valence-electron chi connectivity index (χ3n) is 6.29. The molecule has 4 rings (SSSR count). The lowest BCUT2D eigenvalue weighted by Crippen LogP contribution is -2.22. The molecule has 37 heavy (non-hydrogen) atoms. The van der Waals surface area contributed by atoms with Crippen molar-refractivity contribution in [1.29, 1.82) is 0 Å². The third-order valence-corrected chi connectivity index (χ3v) is 8.13. The fourth-order valence-electron chi connectivity index (χ4n) is 4.48. The Morgan fingerprint density at radius 2 is 1.24 bits per heavy atom. The van der Waals surface area contributed by atoms with Crippen LogP contribution in [0.15, 0.2) is 76.2 Å². The van der Waals surface area contributed by atoms with Crippen LogP contribution in [0.4, 0.5) is 11.4 Å². The van der Waals surface area contributed by atoms with Gasteiger partial charge in [0.25, 0.3) is 20.2 Å². The maximum atomic E-state index is 12.5. The van der Waals surface area contributed by atoms with E-state index < -0.39 is 41.7 Å². The topological polar surface area (TPSA) is 135 Å². The van der Waals surface area contributed by atoms with Gasteiger partial charge >= 0.3 is 0 Å². The lowest BCUT2D eigenvalue weighted by Gasteiger charge is -2.30. The molecule has 3 aromatic carbocycles. The van der Waals surface area contributed by atoms with Gasteiger partial charge in [-0.2, -0.15) is 16.8 Å². The van der Waals surface area contributed by atoms with E-state index in [0.717, 1.165) is 17.8 Å². The first-order chi connectivity index (χ1) is 17.2. The number of benzene rings is 3. The standard InChI is InChI=1S/C26H27N2O7S2/c1-27(2)19-9-5-16(6-10-19)22-15-21(36(30,31)32)13-18-14-23(29)26(37(33,34)35)25(24(18)22)17-7-11-20(12-8-17)28(3)4/h5-15,25,29H,1-4H3,(H,30,31,32)(H,33,34,35). The number of hydrogen-bond acceptors (Lipinski definition) is 7. The largest absolute Gasteiger partial charge is 0.510 e.